The van der Waals surface area contributed by atoms with Crippen molar-refractivity contribution >= 4 is 12.6 Å². The van der Waals surface area contributed by atoms with E-state index in [9.17, 15) is 0 Å². The smallest absolute Gasteiger partial charge is 0.0472 e. The molecule has 1 aromatic carbocycles. The predicted octanol–water partition coefficient (Wildman–Crippen LogP) is 2.77. The molecule has 1 fully saturated rings. The second-order valence-electron chi connectivity index (χ2n) is 6.00. The van der Waals surface area contributed by atoms with Gasteiger partial charge in [0.2, 0.25) is 0 Å². The lowest BCUT2D eigenvalue weighted by atomic mass is 9.81. The van der Waals surface area contributed by atoms with Crippen LogP contribution in [0.5, 0.6) is 0 Å². The highest BCUT2D eigenvalue weighted by Gasteiger charge is 2.33. The number of rotatable bonds is 3. The first kappa shape index (κ1) is 13.5. The summed E-state index contributed by atoms with van der Waals surface area (Å²) in [7, 11) is 0. The molecule has 19 heavy (non-hydrogen) atoms. The van der Waals surface area contributed by atoms with Gasteiger partial charge in [0.15, 0.2) is 0 Å². The van der Waals surface area contributed by atoms with Crippen LogP contribution >= 0.6 is 12.6 Å². The number of thiol groups is 1. The maximum atomic E-state index is 5.52. The average molecular weight is 277 g/mol. The SMILES string of the molecule is SCC1(CN2CCc3ccccc3C2)CCOCC1. The molecule has 0 amide bonds. The Morgan fingerprint density at radius 1 is 1.16 bits per heavy atom. The predicted molar refractivity (Wildman–Crippen MR) is 81.8 cm³/mol. The second kappa shape index (κ2) is 5.86. The van der Waals surface area contributed by atoms with Crippen molar-refractivity contribution in [2.75, 3.05) is 32.1 Å². The Morgan fingerprint density at radius 2 is 1.89 bits per heavy atom. The minimum atomic E-state index is 0.369. The third-order valence-electron chi connectivity index (χ3n) is 4.66. The van der Waals surface area contributed by atoms with E-state index in [2.05, 4.69) is 41.8 Å². The van der Waals surface area contributed by atoms with E-state index >= 15 is 0 Å². The first-order valence-corrected chi connectivity index (χ1v) is 7.92. The lowest BCUT2D eigenvalue weighted by Gasteiger charge is -2.41. The Balaban J connectivity index is 1.68. The van der Waals surface area contributed by atoms with Gasteiger partial charge < -0.3 is 4.74 Å². The van der Waals surface area contributed by atoms with E-state index in [1.54, 1.807) is 0 Å². The van der Waals surface area contributed by atoms with Gasteiger partial charge in [0, 0.05) is 32.8 Å². The summed E-state index contributed by atoms with van der Waals surface area (Å²) in [5.74, 6) is 0.981. The molecular formula is C16H23NOS. The van der Waals surface area contributed by atoms with Crippen LogP contribution < -0.4 is 0 Å². The number of hydrogen-bond donors (Lipinski definition) is 1. The van der Waals surface area contributed by atoms with Gasteiger partial charge in [-0.2, -0.15) is 12.6 Å². The lowest BCUT2D eigenvalue weighted by molar-refractivity contribution is 0.00553. The maximum Gasteiger partial charge on any atom is 0.0472 e. The van der Waals surface area contributed by atoms with Crippen LogP contribution in [0, 0.1) is 5.41 Å². The summed E-state index contributed by atoms with van der Waals surface area (Å²) in [4.78, 5) is 2.61. The molecule has 0 bridgehead atoms. The summed E-state index contributed by atoms with van der Waals surface area (Å²) in [6.07, 6.45) is 3.51. The Bertz CT molecular complexity index is 429. The minimum Gasteiger partial charge on any atom is -0.381 e. The van der Waals surface area contributed by atoms with Gasteiger partial charge in [-0.15, -0.1) is 0 Å². The van der Waals surface area contributed by atoms with Crippen molar-refractivity contribution in [2.24, 2.45) is 5.41 Å². The van der Waals surface area contributed by atoms with Crippen molar-refractivity contribution in [3.8, 4) is 0 Å². The van der Waals surface area contributed by atoms with E-state index in [4.69, 9.17) is 4.74 Å². The summed E-state index contributed by atoms with van der Waals surface area (Å²) < 4.78 is 5.52. The fourth-order valence-corrected chi connectivity index (χ4v) is 3.75. The Hall–Kier alpha value is -0.510. The highest BCUT2D eigenvalue weighted by molar-refractivity contribution is 7.80. The van der Waals surface area contributed by atoms with Gasteiger partial charge in [-0.3, -0.25) is 4.90 Å². The standard InChI is InChI=1S/C16H23NOS/c19-13-16(6-9-18-10-7-16)12-17-8-5-14-3-1-2-4-15(14)11-17/h1-4,19H,5-13H2. The van der Waals surface area contributed by atoms with Crippen LogP contribution in [0.3, 0.4) is 0 Å². The highest BCUT2D eigenvalue weighted by atomic mass is 32.1. The van der Waals surface area contributed by atoms with Gasteiger partial charge in [-0.1, -0.05) is 24.3 Å². The molecule has 0 spiro atoms. The van der Waals surface area contributed by atoms with Crippen molar-refractivity contribution in [1.29, 1.82) is 0 Å². The normalized spacial score (nSPS) is 23.0. The second-order valence-corrected chi connectivity index (χ2v) is 6.32. The van der Waals surface area contributed by atoms with Crippen LogP contribution in [-0.2, 0) is 17.7 Å². The van der Waals surface area contributed by atoms with Crippen LogP contribution in [0.15, 0.2) is 24.3 Å². The van der Waals surface area contributed by atoms with Gasteiger partial charge in [0.05, 0.1) is 0 Å². The fourth-order valence-electron chi connectivity index (χ4n) is 3.33. The van der Waals surface area contributed by atoms with Crippen LogP contribution in [0.1, 0.15) is 24.0 Å². The fraction of sp³-hybridized carbons (Fsp3) is 0.625. The molecule has 0 atom stereocenters. The van der Waals surface area contributed by atoms with Crippen molar-refractivity contribution < 1.29 is 4.74 Å². The topological polar surface area (TPSA) is 12.5 Å². The largest absolute Gasteiger partial charge is 0.381 e. The molecule has 0 unspecified atom stereocenters. The summed E-state index contributed by atoms with van der Waals surface area (Å²) >= 11 is 4.62. The van der Waals surface area contributed by atoms with Crippen LogP contribution in [0.4, 0.5) is 0 Å². The van der Waals surface area contributed by atoms with E-state index < -0.39 is 0 Å². The van der Waals surface area contributed by atoms with E-state index in [-0.39, 0.29) is 0 Å². The number of nitrogens with zero attached hydrogens (tertiary/aromatic N) is 1. The summed E-state index contributed by atoms with van der Waals surface area (Å²) in [5, 5.41) is 0. The zero-order valence-corrected chi connectivity index (χ0v) is 12.4. The van der Waals surface area contributed by atoms with Crippen molar-refractivity contribution in [3.63, 3.8) is 0 Å². The number of benzene rings is 1. The molecule has 2 heterocycles. The molecule has 0 aromatic heterocycles. The van der Waals surface area contributed by atoms with Crippen molar-refractivity contribution in [1.82, 2.24) is 4.90 Å². The Kier molecular flexibility index (Phi) is 4.15. The molecule has 2 aliphatic heterocycles. The van der Waals surface area contributed by atoms with Crippen LogP contribution in [0.2, 0.25) is 0 Å². The average Bonchev–Trinajstić information content (AvgIpc) is 2.48. The molecule has 1 aromatic rings. The van der Waals surface area contributed by atoms with Gasteiger partial charge in [0.1, 0.15) is 0 Å². The maximum absolute atomic E-state index is 5.52. The molecule has 2 aliphatic rings. The molecule has 2 nitrogen and oxygen atoms in total. The van der Waals surface area contributed by atoms with Crippen LogP contribution in [0.25, 0.3) is 0 Å². The third kappa shape index (κ3) is 2.99. The molecular weight excluding hydrogens is 254 g/mol. The first-order valence-electron chi connectivity index (χ1n) is 7.29. The molecule has 0 saturated carbocycles. The third-order valence-corrected chi connectivity index (χ3v) is 5.33. The summed E-state index contributed by atoms with van der Waals surface area (Å²) in [6.45, 7) is 5.28. The minimum absolute atomic E-state index is 0.369. The highest BCUT2D eigenvalue weighted by Crippen LogP contribution is 2.34. The van der Waals surface area contributed by atoms with Gasteiger partial charge >= 0.3 is 0 Å². The zero-order chi connectivity index (χ0) is 13.1. The summed E-state index contributed by atoms with van der Waals surface area (Å²) in [5.41, 5.74) is 3.41. The number of fused-ring (bicyclic) bond motifs is 1. The molecule has 3 rings (SSSR count). The molecule has 0 N–H and O–H groups in total. The first-order chi connectivity index (χ1) is 9.31. The lowest BCUT2D eigenvalue weighted by Crippen LogP contribution is -2.44. The van der Waals surface area contributed by atoms with E-state index in [0.717, 1.165) is 38.4 Å². The molecule has 104 valence electrons. The number of ether oxygens (including phenoxy) is 1. The van der Waals surface area contributed by atoms with Crippen LogP contribution in [-0.4, -0.2) is 37.0 Å². The quantitative estimate of drug-likeness (QED) is 0.853. The molecule has 0 radical (unpaired) electrons. The van der Waals surface area contributed by atoms with E-state index in [1.165, 1.54) is 30.6 Å². The summed E-state index contributed by atoms with van der Waals surface area (Å²) in [6, 6.07) is 8.86. The monoisotopic (exact) mass is 277 g/mol. The molecule has 1 saturated heterocycles. The van der Waals surface area contributed by atoms with E-state index in [1.807, 2.05) is 0 Å². The Morgan fingerprint density at radius 3 is 2.63 bits per heavy atom. The van der Waals surface area contributed by atoms with E-state index in [0.29, 0.717) is 5.41 Å². The van der Waals surface area contributed by atoms with Crippen molar-refractivity contribution in [3.05, 3.63) is 35.4 Å². The zero-order valence-electron chi connectivity index (χ0n) is 11.5. The molecule has 0 aliphatic carbocycles. The molecule has 3 heteroatoms. The van der Waals surface area contributed by atoms with Gasteiger partial charge in [0.25, 0.3) is 0 Å². The van der Waals surface area contributed by atoms with Crippen molar-refractivity contribution in [2.45, 2.75) is 25.8 Å². The Labute approximate surface area is 121 Å². The number of hydrogen-bond acceptors (Lipinski definition) is 3. The van der Waals surface area contributed by atoms with Gasteiger partial charge in [-0.25, -0.2) is 0 Å². The van der Waals surface area contributed by atoms with Gasteiger partial charge in [-0.05, 0) is 41.6 Å².